The van der Waals surface area contributed by atoms with Crippen LogP contribution in [0, 0.1) is 11.8 Å². The monoisotopic (exact) mass is 1120 g/mol. The molecule has 0 atom stereocenters. The van der Waals surface area contributed by atoms with E-state index in [1.165, 1.54) is 24.3 Å². The average Bonchev–Trinajstić information content (AvgIpc) is 4.59. The molecule has 2 saturated heterocycles. The third-order valence-electron chi connectivity index (χ3n) is 14.4. The molecule has 2 saturated carbocycles. The number of carbonyl (C=O) groups is 4. The smallest absolute Gasteiger partial charge is 0.423 e. The van der Waals surface area contributed by atoms with Gasteiger partial charge in [-0.05, 0) is 123 Å². The number of hydrogen-bond donors (Lipinski definition) is 8. The highest BCUT2D eigenvalue weighted by Gasteiger charge is 2.26. The summed E-state index contributed by atoms with van der Waals surface area (Å²) < 4.78 is 14.5. The van der Waals surface area contributed by atoms with E-state index in [4.69, 9.17) is 52.7 Å². The minimum Gasteiger partial charge on any atom is -0.423 e. The van der Waals surface area contributed by atoms with Gasteiger partial charge in [0.2, 0.25) is 11.8 Å². The zero-order chi connectivity index (χ0) is 55.7. The number of carbonyl (C=O) groups excluding carboxylic acids is 4. The summed E-state index contributed by atoms with van der Waals surface area (Å²) in [5.74, 6) is 0.0343. The summed E-state index contributed by atoms with van der Waals surface area (Å²) in [7, 11) is -1.51. The van der Waals surface area contributed by atoms with Gasteiger partial charge in [-0.15, -0.1) is 0 Å². The summed E-state index contributed by atoms with van der Waals surface area (Å²) in [5, 5.41) is 40.3. The number of nitrogens with zero attached hydrogens (tertiary/aromatic N) is 6. The van der Waals surface area contributed by atoms with Crippen LogP contribution >= 0.6 is 11.6 Å². The van der Waals surface area contributed by atoms with Gasteiger partial charge >= 0.3 is 7.12 Å². The number of halogens is 1. The molecule has 20 nitrogen and oxygen atoms in total. The van der Waals surface area contributed by atoms with Crippen molar-refractivity contribution in [2.45, 2.75) is 70.9 Å². The Labute approximate surface area is 474 Å². The van der Waals surface area contributed by atoms with Crippen LogP contribution in [0.4, 0.5) is 11.4 Å². The van der Waals surface area contributed by atoms with Crippen molar-refractivity contribution in [3.05, 3.63) is 149 Å². The van der Waals surface area contributed by atoms with Gasteiger partial charge in [-0.25, -0.2) is 19.0 Å². The second-order valence-electron chi connectivity index (χ2n) is 20.4. The Morgan fingerprint density at radius 3 is 1.37 bits per heavy atom. The molecule has 81 heavy (non-hydrogen) atoms. The minimum atomic E-state index is -1.51. The third-order valence-corrected chi connectivity index (χ3v) is 14.6. The number of benzene rings is 4. The van der Waals surface area contributed by atoms with E-state index in [9.17, 15) is 19.2 Å². The van der Waals surface area contributed by atoms with E-state index in [1.54, 1.807) is 29.0 Å². The van der Waals surface area contributed by atoms with E-state index in [-0.39, 0.29) is 19.2 Å². The summed E-state index contributed by atoms with van der Waals surface area (Å²) in [6.45, 7) is 4.89. The normalized spacial score (nSPS) is 15.2. The van der Waals surface area contributed by atoms with Crippen LogP contribution in [-0.2, 0) is 9.47 Å². The van der Waals surface area contributed by atoms with Gasteiger partial charge in [0.25, 0.3) is 11.8 Å². The Morgan fingerprint density at radius 2 is 0.951 bits per heavy atom. The van der Waals surface area contributed by atoms with Crippen molar-refractivity contribution in [2.24, 2.45) is 23.3 Å². The molecule has 0 unspecified atom stereocenters. The first-order chi connectivity index (χ1) is 38.8. The van der Waals surface area contributed by atoms with Crippen molar-refractivity contribution in [1.82, 2.24) is 39.8 Å². The summed E-state index contributed by atoms with van der Waals surface area (Å²) in [5.41, 5.74) is 21.1. The van der Waals surface area contributed by atoms with E-state index >= 15 is 0 Å². The largest absolute Gasteiger partial charge is 0.488 e. The van der Waals surface area contributed by atoms with Gasteiger partial charge in [0.05, 0.1) is 40.9 Å². The van der Waals surface area contributed by atoms with E-state index in [2.05, 4.69) is 31.3 Å². The molecule has 0 radical (unpaired) electrons. The predicted octanol–water partition coefficient (Wildman–Crippen LogP) is 6.77. The molecule has 4 fully saturated rings. The van der Waals surface area contributed by atoms with Crippen LogP contribution in [0.1, 0.15) is 100 Å². The van der Waals surface area contributed by atoms with E-state index in [0.29, 0.717) is 56.8 Å². The number of aromatic nitrogens is 6. The van der Waals surface area contributed by atoms with Crippen molar-refractivity contribution in [2.75, 3.05) is 50.2 Å². The van der Waals surface area contributed by atoms with Crippen LogP contribution < -0.4 is 38.2 Å². The van der Waals surface area contributed by atoms with Gasteiger partial charge in [-0.2, -0.15) is 10.2 Å². The van der Waals surface area contributed by atoms with Gasteiger partial charge in [0, 0.05) is 96.6 Å². The van der Waals surface area contributed by atoms with Gasteiger partial charge in [-0.3, -0.25) is 19.2 Å². The topological polar surface area (TPSA) is 288 Å². The minimum absolute atomic E-state index is 0. The zero-order valence-electron chi connectivity index (χ0n) is 43.9. The fraction of sp³-hybridized carbons (Fsp3) is 0.322. The molecule has 4 aliphatic rings. The number of rotatable bonds is 16. The van der Waals surface area contributed by atoms with Crippen molar-refractivity contribution >= 4 is 70.5 Å². The van der Waals surface area contributed by atoms with Crippen LogP contribution in [0.2, 0.25) is 5.15 Å². The average molecular weight is 1120 g/mol. The fourth-order valence-electron chi connectivity index (χ4n) is 9.31. The SMILES string of the molecule is C.NC(=O)c1ccc(-c2cc(NCC3CCOCC3)c3ncc(-c4ccc(C(=O)NC5CC5)cc4)n3n2)cc1.NC(=O)c1ccc(B(O)O)cc1.O=C(NC1CC1)c1ccc(-c2cnc3c(NCC4CCOCC4)cc(Cl)nn23)cc1. The molecular weight excluding hydrogens is 1050 g/mol. The van der Waals surface area contributed by atoms with Crippen molar-refractivity contribution in [1.29, 1.82) is 0 Å². The van der Waals surface area contributed by atoms with Gasteiger partial charge in [0.15, 0.2) is 16.4 Å². The van der Waals surface area contributed by atoms with Gasteiger partial charge < -0.3 is 52.3 Å². The molecule has 4 aromatic heterocycles. The summed E-state index contributed by atoms with van der Waals surface area (Å²) in [4.78, 5) is 56.1. The van der Waals surface area contributed by atoms with Crippen LogP contribution in [0.15, 0.2) is 122 Å². The molecule has 10 N–H and O–H groups in total. The van der Waals surface area contributed by atoms with Crippen molar-refractivity contribution in [3.8, 4) is 33.8 Å². The zero-order valence-corrected chi connectivity index (χ0v) is 44.6. The number of nitrogens with two attached hydrogens (primary N) is 2. The Morgan fingerprint density at radius 1 is 0.556 bits per heavy atom. The fourth-order valence-corrected chi connectivity index (χ4v) is 9.50. The Kier molecular flexibility index (Phi) is 18.7. The number of anilines is 2. The molecule has 0 bridgehead atoms. The number of amides is 4. The molecule has 4 aromatic carbocycles. The van der Waals surface area contributed by atoms with Crippen LogP contribution in [-0.4, -0.2) is 122 Å². The lowest BCUT2D eigenvalue weighted by atomic mass is 9.80. The molecule has 8 aromatic rings. The van der Waals surface area contributed by atoms with Crippen LogP contribution in [0.3, 0.4) is 0 Å². The molecular formula is C59H66BClN12O8. The molecule has 6 heterocycles. The Hall–Kier alpha value is -8.21. The van der Waals surface area contributed by atoms with Crippen LogP contribution in [0.5, 0.6) is 0 Å². The molecule has 4 amide bonds. The third kappa shape index (κ3) is 14.8. The number of fused-ring (bicyclic) bond motifs is 2. The van der Waals surface area contributed by atoms with E-state index in [0.717, 1.165) is 147 Å². The lowest BCUT2D eigenvalue weighted by Crippen LogP contribution is -2.29. The van der Waals surface area contributed by atoms with Crippen LogP contribution in [0.25, 0.3) is 45.1 Å². The summed E-state index contributed by atoms with van der Waals surface area (Å²) >= 11 is 6.31. The number of primary amides is 2. The molecule has 2 aliphatic heterocycles. The van der Waals surface area contributed by atoms with Crippen molar-refractivity contribution in [3.63, 3.8) is 0 Å². The first kappa shape index (κ1) is 57.5. The number of hydrogen-bond acceptors (Lipinski definition) is 14. The highest BCUT2D eigenvalue weighted by atomic mass is 35.5. The number of ether oxygens (including phenoxy) is 2. The predicted molar refractivity (Wildman–Crippen MR) is 312 cm³/mol. The molecule has 12 rings (SSSR count). The van der Waals surface area contributed by atoms with Gasteiger partial charge in [-0.1, -0.05) is 67.6 Å². The second kappa shape index (κ2) is 26.4. The standard InChI is InChI=1S/C29H30N6O3.C22H24ClN5O2.C7H8BNO3.CH4/c30-27(36)21-5-1-19(2-6-21)24-15-25(31-16-18-11-13-38-14-12-18)28-32-17-26(35(28)34-24)20-3-7-22(8-4-20)29(37)33-23-9-10-23;23-20-11-18(24-12-14-7-9-30-10-8-14)21-25-13-19(28(21)27-20)15-1-3-16(4-2-15)22(29)26-17-5-6-17;9-7(10)5-1-3-6(4-2-5)8(11)12;/h1-8,15,17-18,23,31H,9-14,16H2,(H2,30,36)(H,33,37);1-4,11,13-14,17,24H,5-10,12H2,(H,26,29);1-4,11-12H,(H2,9,10);1H4. The summed E-state index contributed by atoms with van der Waals surface area (Å²) in [6, 6.07) is 32.4. The first-order valence-corrected chi connectivity index (χ1v) is 27.3. The summed E-state index contributed by atoms with van der Waals surface area (Å²) in [6.07, 6.45) is 12.0. The number of imidazole rings is 2. The Bertz CT molecular complexity index is 3470. The first-order valence-electron chi connectivity index (χ1n) is 26.9. The maximum Gasteiger partial charge on any atom is 0.488 e. The van der Waals surface area contributed by atoms with Gasteiger partial charge in [0.1, 0.15) is 0 Å². The van der Waals surface area contributed by atoms with E-state index < -0.39 is 18.9 Å². The number of nitrogens with one attached hydrogen (secondary N) is 4. The van der Waals surface area contributed by atoms with Crippen molar-refractivity contribution < 1.29 is 38.7 Å². The van der Waals surface area contributed by atoms with E-state index in [1.807, 2.05) is 77.3 Å². The second-order valence-corrected chi connectivity index (χ2v) is 20.8. The lowest BCUT2D eigenvalue weighted by Gasteiger charge is -2.23. The Balaban J connectivity index is 0.000000164. The maximum atomic E-state index is 12.4. The molecule has 420 valence electrons. The maximum absolute atomic E-state index is 12.4. The highest BCUT2D eigenvalue weighted by Crippen LogP contribution is 2.31. The quantitative estimate of drug-likeness (QED) is 0.0464. The molecule has 0 spiro atoms. The highest BCUT2D eigenvalue weighted by molar-refractivity contribution is 6.58. The molecule has 2 aliphatic carbocycles. The molecule has 22 heteroatoms. The lowest BCUT2D eigenvalue weighted by molar-refractivity contribution is 0.0698.